The van der Waals surface area contributed by atoms with Gasteiger partial charge in [0.2, 0.25) is 0 Å². The number of hydrogen-bond donors (Lipinski definition) is 1. The van der Waals surface area contributed by atoms with Crippen LogP contribution >= 0.6 is 11.6 Å². The topological polar surface area (TPSA) is 35.2 Å². The summed E-state index contributed by atoms with van der Waals surface area (Å²) in [6.07, 6.45) is 0. The van der Waals surface area contributed by atoms with E-state index in [1.54, 1.807) is 7.11 Å². The summed E-state index contributed by atoms with van der Waals surface area (Å²) in [5.74, 6) is 0.685. The lowest BCUT2D eigenvalue weighted by Crippen LogP contribution is -1.94. The van der Waals surface area contributed by atoms with Gasteiger partial charge in [-0.25, -0.2) is 0 Å². The molecule has 0 fully saturated rings. The number of hydrogen-bond acceptors (Lipinski definition) is 2. The molecule has 0 amide bonds. The maximum Gasteiger partial charge on any atom is 0.149 e. The van der Waals surface area contributed by atoms with Crippen molar-refractivity contribution in [2.45, 2.75) is 0 Å². The predicted molar refractivity (Wildman–Crippen MR) is 67.9 cm³/mol. The van der Waals surface area contributed by atoms with Crippen molar-refractivity contribution in [2.24, 2.45) is 0 Å². The Balaban J connectivity index is 2.60. The highest BCUT2D eigenvalue weighted by molar-refractivity contribution is 6.30. The summed E-state index contributed by atoms with van der Waals surface area (Å²) >= 11 is 5.96. The molecular formula is C13H12ClNO. The number of nitrogens with two attached hydrogens (primary N) is 1. The van der Waals surface area contributed by atoms with Gasteiger partial charge in [0.15, 0.2) is 0 Å². The smallest absolute Gasteiger partial charge is 0.149 e. The van der Waals surface area contributed by atoms with Crippen molar-refractivity contribution < 1.29 is 4.74 Å². The molecule has 2 nitrogen and oxygen atoms in total. The van der Waals surface area contributed by atoms with E-state index in [1.165, 1.54) is 0 Å². The van der Waals surface area contributed by atoms with Crippen molar-refractivity contribution >= 4 is 17.3 Å². The highest BCUT2D eigenvalue weighted by atomic mass is 35.5. The van der Waals surface area contributed by atoms with E-state index in [0.29, 0.717) is 16.5 Å². The molecule has 2 aromatic rings. The minimum absolute atomic E-state index is 0.625. The first-order chi connectivity index (χ1) is 7.72. The minimum atomic E-state index is 0.625. The molecule has 0 aliphatic heterocycles. The van der Waals surface area contributed by atoms with E-state index in [4.69, 9.17) is 22.1 Å². The molecule has 0 aliphatic carbocycles. The van der Waals surface area contributed by atoms with E-state index in [0.717, 1.165) is 11.1 Å². The van der Waals surface area contributed by atoms with Gasteiger partial charge in [-0.05, 0) is 23.8 Å². The third kappa shape index (κ3) is 1.97. The Morgan fingerprint density at radius 3 is 2.56 bits per heavy atom. The van der Waals surface area contributed by atoms with Crippen LogP contribution in [0.3, 0.4) is 0 Å². The third-order valence-corrected chi connectivity index (χ3v) is 2.62. The first-order valence-corrected chi connectivity index (χ1v) is 5.28. The van der Waals surface area contributed by atoms with Crippen molar-refractivity contribution in [3.05, 3.63) is 47.5 Å². The van der Waals surface area contributed by atoms with Gasteiger partial charge >= 0.3 is 0 Å². The molecule has 82 valence electrons. The molecule has 0 heterocycles. The number of halogens is 1. The maximum absolute atomic E-state index is 5.96. The summed E-state index contributed by atoms with van der Waals surface area (Å²) in [7, 11) is 1.61. The molecule has 3 heteroatoms. The Hall–Kier alpha value is -1.67. The molecule has 0 aromatic heterocycles. The zero-order valence-corrected chi connectivity index (χ0v) is 9.66. The van der Waals surface area contributed by atoms with Crippen LogP contribution in [0.4, 0.5) is 5.69 Å². The van der Waals surface area contributed by atoms with Gasteiger partial charge in [0, 0.05) is 10.6 Å². The van der Waals surface area contributed by atoms with E-state index in [-0.39, 0.29) is 0 Å². The molecule has 2 rings (SSSR count). The number of benzene rings is 2. The molecule has 0 saturated heterocycles. The Bertz CT molecular complexity index is 511. The fourth-order valence-corrected chi connectivity index (χ4v) is 1.86. The number of nitrogen functional groups attached to an aromatic ring is 1. The average molecular weight is 234 g/mol. The molecule has 0 unspecified atom stereocenters. The van der Waals surface area contributed by atoms with E-state index < -0.39 is 0 Å². The first-order valence-electron chi connectivity index (χ1n) is 4.91. The van der Waals surface area contributed by atoms with Gasteiger partial charge in [-0.1, -0.05) is 35.9 Å². The SMILES string of the molecule is COc1c(N)cccc1-c1cccc(Cl)c1. The van der Waals surface area contributed by atoms with Crippen LogP contribution < -0.4 is 10.5 Å². The minimum Gasteiger partial charge on any atom is -0.494 e. The van der Waals surface area contributed by atoms with E-state index in [9.17, 15) is 0 Å². The Labute approximate surface area is 99.6 Å². The third-order valence-electron chi connectivity index (χ3n) is 2.39. The molecule has 2 aromatic carbocycles. The van der Waals surface area contributed by atoms with Gasteiger partial charge < -0.3 is 10.5 Å². The van der Waals surface area contributed by atoms with Gasteiger partial charge in [-0.15, -0.1) is 0 Å². The molecule has 0 atom stereocenters. The van der Waals surface area contributed by atoms with E-state index in [2.05, 4.69) is 0 Å². The van der Waals surface area contributed by atoms with Crippen LogP contribution in [0, 0.1) is 0 Å². The van der Waals surface area contributed by atoms with Crippen LogP contribution in [0.25, 0.3) is 11.1 Å². The standard InChI is InChI=1S/C13H12ClNO/c1-16-13-11(6-3-7-12(13)15)9-4-2-5-10(14)8-9/h2-8H,15H2,1H3. The van der Waals surface area contributed by atoms with Gasteiger partial charge in [-0.2, -0.15) is 0 Å². The zero-order valence-electron chi connectivity index (χ0n) is 8.91. The molecule has 0 bridgehead atoms. The summed E-state index contributed by atoms with van der Waals surface area (Å²) in [5.41, 5.74) is 8.42. The predicted octanol–water partition coefficient (Wildman–Crippen LogP) is 3.60. The van der Waals surface area contributed by atoms with Crippen LogP contribution in [0.5, 0.6) is 5.75 Å². The zero-order chi connectivity index (χ0) is 11.5. The van der Waals surface area contributed by atoms with Crippen LogP contribution in [-0.4, -0.2) is 7.11 Å². The Morgan fingerprint density at radius 2 is 1.88 bits per heavy atom. The van der Waals surface area contributed by atoms with Gasteiger partial charge in [0.25, 0.3) is 0 Å². The van der Waals surface area contributed by atoms with E-state index in [1.807, 2.05) is 42.5 Å². The first kappa shape index (κ1) is 10.8. The fraction of sp³-hybridized carbons (Fsp3) is 0.0769. The summed E-state index contributed by atoms with van der Waals surface area (Å²) < 4.78 is 5.30. The lowest BCUT2D eigenvalue weighted by atomic mass is 10.0. The van der Waals surface area contributed by atoms with E-state index >= 15 is 0 Å². The lowest BCUT2D eigenvalue weighted by molar-refractivity contribution is 0.418. The summed E-state index contributed by atoms with van der Waals surface area (Å²) in [6.45, 7) is 0. The Morgan fingerprint density at radius 1 is 1.12 bits per heavy atom. The number of para-hydroxylation sites is 1. The fourth-order valence-electron chi connectivity index (χ4n) is 1.67. The van der Waals surface area contributed by atoms with Crippen molar-refractivity contribution in [1.82, 2.24) is 0 Å². The molecule has 2 N–H and O–H groups in total. The van der Waals surface area contributed by atoms with Crippen molar-refractivity contribution in [1.29, 1.82) is 0 Å². The molecule has 16 heavy (non-hydrogen) atoms. The normalized spacial score (nSPS) is 10.1. The van der Waals surface area contributed by atoms with Gasteiger partial charge in [-0.3, -0.25) is 0 Å². The largest absolute Gasteiger partial charge is 0.494 e. The van der Waals surface area contributed by atoms with Crippen molar-refractivity contribution in [2.75, 3.05) is 12.8 Å². The quantitative estimate of drug-likeness (QED) is 0.805. The number of methoxy groups -OCH3 is 1. The highest BCUT2D eigenvalue weighted by Crippen LogP contribution is 2.35. The average Bonchev–Trinajstić information content (AvgIpc) is 2.28. The second kappa shape index (κ2) is 4.45. The molecule has 0 aliphatic rings. The lowest BCUT2D eigenvalue weighted by Gasteiger charge is -2.11. The van der Waals surface area contributed by atoms with Crippen molar-refractivity contribution in [3.8, 4) is 16.9 Å². The summed E-state index contributed by atoms with van der Waals surface area (Å²) in [6, 6.07) is 13.3. The second-order valence-electron chi connectivity index (χ2n) is 3.44. The number of rotatable bonds is 2. The highest BCUT2D eigenvalue weighted by Gasteiger charge is 2.08. The van der Waals surface area contributed by atoms with Gasteiger partial charge in [0.05, 0.1) is 12.8 Å². The maximum atomic E-state index is 5.96. The summed E-state index contributed by atoms with van der Waals surface area (Å²) in [4.78, 5) is 0. The molecular weight excluding hydrogens is 222 g/mol. The van der Waals surface area contributed by atoms with Crippen LogP contribution in [0.1, 0.15) is 0 Å². The van der Waals surface area contributed by atoms with Gasteiger partial charge in [0.1, 0.15) is 5.75 Å². The molecule has 0 spiro atoms. The Kier molecular flexibility index (Phi) is 3.02. The number of anilines is 1. The molecule has 0 radical (unpaired) electrons. The van der Waals surface area contributed by atoms with Crippen LogP contribution in [0.2, 0.25) is 5.02 Å². The molecule has 0 saturated carbocycles. The second-order valence-corrected chi connectivity index (χ2v) is 3.87. The van der Waals surface area contributed by atoms with Crippen LogP contribution in [0.15, 0.2) is 42.5 Å². The summed E-state index contributed by atoms with van der Waals surface area (Å²) in [5, 5.41) is 0.696. The number of ether oxygens (including phenoxy) is 1. The monoisotopic (exact) mass is 233 g/mol. The van der Waals surface area contributed by atoms with Crippen molar-refractivity contribution in [3.63, 3.8) is 0 Å². The van der Waals surface area contributed by atoms with Crippen LogP contribution in [-0.2, 0) is 0 Å².